The third-order valence-electron chi connectivity index (χ3n) is 3.35. The van der Waals surface area contributed by atoms with Crippen LogP contribution in [0.5, 0.6) is 0 Å². The molecule has 4 heteroatoms. The Hall–Kier alpha value is -2.07. The normalized spacial score (nSPS) is 11.0. The molecule has 1 heterocycles. The number of aromatic nitrogens is 2. The number of aromatic amines is 1. The maximum absolute atomic E-state index is 12.1. The van der Waals surface area contributed by atoms with Crippen LogP contribution in [0.1, 0.15) is 17.0 Å². The second-order valence-electron chi connectivity index (χ2n) is 5.09. The fourth-order valence-corrected chi connectivity index (χ4v) is 3.16. The minimum atomic E-state index is -0.0662. The number of nitrogens with one attached hydrogen (secondary N) is 1. The Bertz CT molecular complexity index is 855. The predicted molar refractivity (Wildman–Crippen MR) is 87.8 cm³/mol. The van der Waals surface area contributed by atoms with E-state index in [2.05, 4.69) is 35.1 Å². The molecule has 106 valence electrons. The van der Waals surface area contributed by atoms with Gasteiger partial charge in [-0.2, -0.15) is 0 Å². The third kappa shape index (κ3) is 3.00. The SMILES string of the molecule is Cc1cccc(SCc2nc3c(C)cccc3c(=O)[nH]2)c1. The van der Waals surface area contributed by atoms with Crippen molar-refractivity contribution in [1.29, 1.82) is 0 Å². The van der Waals surface area contributed by atoms with Crippen LogP contribution in [0.2, 0.25) is 0 Å². The molecule has 0 atom stereocenters. The highest BCUT2D eigenvalue weighted by molar-refractivity contribution is 7.98. The highest BCUT2D eigenvalue weighted by atomic mass is 32.2. The lowest BCUT2D eigenvalue weighted by atomic mass is 10.1. The van der Waals surface area contributed by atoms with Crippen LogP contribution in [0.3, 0.4) is 0 Å². The van der Waals surface area contributed by atoms with E-state index >= 15 is 0 Å². The molecule has 0 aliphatic carbocycles. The molecule has 21 heavy (non-hydrogen) atoms. The summed E-state index contributed by atoms with van der Waals surface area (Å²) in [6, 6.07) is 14.0. The smallest absolute Gasteiger partial charge is 0.258 e. The fourth-order valence-electron chi connectivity index (χ4n) is 2.28. The lowest BCUT2D eigenvalue weighted by Gasteiger charge is -2.05. The molecule has 0 fully saturated rings. The zero-order valence-electron chi connectivity index (χ0n) is 12.0. The average molecular weight is 296 g/mol. The van der Waals surface area contributed by atoms with Gasteiger partial charge in [-0.1, -0.05) is 29.8 Å². The quantitative estimate of drug-likeness (QED) is 0.747. The second kappa shape index (κ2) is 5.74. The van der Waals surface area contributed by atoms with Crippen LogP contribution >= 0.6 is 11.8 Å². The van der Waals surface area contributed by atoms with Crippen molar-refractivity contribution in [3.63, 3.8) is 0 Å². The molecule has 0 saturated carbocycles. The van der Waals surface area contributed by atoms with Gasteiger partial charge in [0, 0.05) is 4.90 Å². The molecule has 3 nitrogen and oxygen atoms in total. The average Bonchev–Trinajstić information content (AvgIpc) is 2.46. The number of fused-ring (bicyclic) bond motifs is 1. The predicted octanol–water partition coefficient (Wildman–Crippen LogP) is 3.83. The Kier molecular flexibility index (Phi) is 3.80. The Morgan fingerprint density at radius 3 is 2.76 bits per heavy atom. The van der Waals surface area contributed by atoms with Crippen LogP contribution in [0, 0.1) is 13.8 Å². The number of hydrogen-bond donors (Lipinski definition) is 1. The van der Waals surface area contributed by atoms with Crippen molar-refractivity contribution in [2.24, 2.45) is 0 Å². The first kappa shape index (κ1) is 13.9. The molecule has 0 aliphatic rings. The van der Waals surface area contributed by atoms with E-state index in [0.717, 1.165) is 11.1 Å². The molecule has 0 aliphatic heterocycles. The molecule has 0 amide bonds. The molecule has 3 rings (SSSR count). The number of thioether (sulfide) groups is 1. The third-order valence-corrected chi connectivity index (χ3v) is 4.36. The van der Waals surface area contributed by atoms with Crippen molar-refractivity contribution in [3.05, 3.63) is 69.8 Å². The zero-order chi connectivity index (χ0) is 14.8. The highest BCUT2D eigenvalue weighted by Crippen LogP contribution is 2.22. The highest BCUT2D eigenvalue weighted by Gasteiger charge is 2.06. The van der Waals surface area contributed by atoms with E-state index in [4.69, 9.17) is 0 Å². The van der Waals surface area contributed by atoms with Gasteiger partial charge in [-0.25, -0.2) is 4.98 Å². The first-order valence-corrected chi connectivity index (χ1v) is 7.80. The lowest BCUT2D eigenvalue weighted by Crippen LogP contribution is -2.11. The van der Waals surface area contributed by atoms with Gasteiger partial charge in [-0.3, -0.25) is 4.79 Å². The zero-order valence-corrected chi connectivity index (χ0v) is 12.8. The molecule has 0 spiro atoms. The number of para-hydroxylation sites is 1. The molecule has 0 radical (unpaired) electrons. The van der Waals surface area contributed by atoms with E-state index in [9.17, 15) is 4.79 Å². The Balaban J connectivity index is 1.91. The number of aryl methyl sites for hydroxylation is 2. The van der Waals surface area contributed by atoms with Gasteiger partial charge in [0.25, 0.3) is 5.56 Å². The van der Waals surface area contributed by atoms with Gasteiger partial charge in [0.05, 0.1) is 16.7 Å². The van der Waals surface area contributed by atoms with E-state index in [1.165, 1.54) is 10.5 Å². The van der Waals surface area contributed by atoms with Gasteiger partial charge >= 0.3 is 0 Å². The molecule has 3 aromatic rings. The van der Waals surface area contributed by atoms with Crippen LogP contribution in [0.15, 0.2) is 52.2 Å². The maximum Gasteiger partial charge on any atom is 0.258 e. The topological polar surface area (TPSA) is 45.8 Å². The van der Waals surface area contributed by atoms with Gasteiger partial charge in [0.2, 0.25) is 0 Å². The van der Waals surface area contributed by atoms with Crippen LogP contribution in [0.4, 0.5) is 0 Å². The van der Waals surface area contributed by atoms with Crippen molar-refractivity contribution < 1.29 is 0 Å². The maximum atomic E-state index is 12.1. The number of benzene rings is 2. The summed E-state index contributed by atoms with van der Waals surface area (Å²) in [7, 11) is 0. The molecular weight excluding hydrogens is 280 g/mol. The number of H-pyrrole nitrogens is 1. The summed E-state index contributed by atoms with van der Waals surface area (Å²) in [6.45, 7) is 4.05. The van der Waals surface area contributed by atoms with Gasteiger partial charge in [0.1, 0.15) is 5.82 Å². The molecule has 1 N–H and O–H groups in total. The molecule has 2 aromatic carbocycles. The second-order valence-corrected chi connectivity index (χ2v) is 6.14. The summed E-state index contributed by atoms with van der Waals surface area (Å²) in [5, 5.41) is 0.652. The largest absolute Gasteiger partial charge is 0.309 e. The summed E-state index contributed by atoms with van der Waals surface area (Å²) in [5.41, 5.74) is 2.99. The lowest BCUT2D eigenvalue weighted by molar-refractivity contribution is 1.04. The van der Waals surface area contributed by atoms with Gasteiger partial charge < -0.3 is 4.98 Å². The minimum Gasteiger partial charge on any atom is -0.309 e. The number of hydrogen-bond acceptors (Lipinski definition) is 3. The van der Waals surface area contributed by atoms with Gasteiger partial charge in [-0.15, -0.1) is 11.8 Å². The molecule has 0 bridgehead atoms. The van der Waals surface area contributed by atoms with Crippen molar-refractivity contribution in [3.8, 4) is 0 Å². The van der Waals surface area contributed by atoms with E-state index in [-0.39, 0.29) is 5.56 Å². The first-order chi connectivity index (χ1) is 10.1. The van der Waals surface area contributed by atoms with Crippen LogP contribution < -0.4 is 5.56 Å². The first-order valence-electron chi connectivity index (χ1n) is 6.81. The van der Waals surface area contributed by atoms with Gasteiger partial charge in [-0.05, 0) is 37.6 Å². The Morgan fingerprint density at radius 2 is 1.95 bits per heavy atom. The standard InChI is InChI=1S/C17H16N2OS/c1-11-5-3-7-13(9-11)21-10-15-18-16-12(2)6-4-8-14(16)17(20)19-15/h3-9H,10H2,1-2H3,(H,18,19,20). The molecular formula is C17H16N2OS. The monoisotopic (exact) mass is 296 g/mol. The van der Waals surface area contributed by atoms with Crippen molar-refractivity contribution in [2.45, 2.75) is 24.5 Å². The molecule has 0 unspecified atom stereocenters. The van der Waals surface area contributed by atoms with E-state index in [0.29, 0.717) is 17.0 Å². The molecule has 1 aromatic heterocycles. The van der Waals surface area contributed by atoms with E-state index < -0.39 is 0 Å². The van der Waals surface area contributed by atoms with Crippen molar-refractivity contribution in [2.75, 3.05) is 0 Å². The Labute approximate surface area is 127 Å². The fraction of sp³-hybridized carbons (Fsp3) is 0.176. The van der Waals surface area contributed by atoms with Crippen LogP contribution in [-0.2, 0) is 5.75 Å². The van der Waals surface area contributed by atoms with E-state index in [1.54, 1.807) is 11.8 Å². The minimum absolute atomic E-state index is 0.0662. The Morgan fingerprint density at radius 1 is 1.14 bits per heavy atom. The van der Waals surface area contributed by atoms with Gasteiger partial charge in [0.15, 0.2) is 0 Å². The summed E-state index contributed by atoms with van der Waals surface area (Å²) >= 11 is 1.68. The summed E-state index contributed by atoms with van der Waals surface area (Å²) in [4.78, 5) is 20.8. The summed E-state index contributed by atoms with van der Waals surface area (Å²) < 4.78 is 0. The molecule has 0 saturated heterocycles. The van der Waals surface area contributed by atoms with Crippen LogP contribution in [-0.4, -0.2) is 9.97 Å². The summed E-state index contributed by atoms with van der Waals surface area (Å²) in [5.74, 6) is 1.37. The number of rotatable bonds is 3. The van der Waals surface area contributed by atoms with E-state index in [1.807, 2.05) is 31.2 Å². The van der Waals surface area contributed by atoms with Crippen molar-refractivity contribution >= 4 is 22.7 Å². The number of nitrogens with zero attached hydrogens (tertiary/aromatic N) is 1. The van der Waals surface area contributed by atoms with Crippen LogP contribution in [0.25, 0.3) is 10.9 Å². The summed E-state index contributed by atoms with van der Waals surface area (Å²) in [6.07, 6.45) is 0. The van der Waals surface area contributed by atoms with Crippen molar-refractivity contribution in [1.82, 2.24) is 9.97 Å².